The Bertz CT molecular complexity index is 359. The molecule has 0 spiro atoms. The van der Waals surface area contributed by atoms with Gasteiger partial charge in [-0.1, -0.05) is 34.6 Å². The van der Waals surface area contributed by atoms with Gasteiger partial charge in [-0.15, -0.1) is 0 Å². The lowest BCUT2D eigenvalue weighted by molar-refractivity contribution is -0.148. The lowest BCUT2D eigenvalue weighted by Gasteiger charge is -2.29. The average Bonchev–Trinajstić information content (AvgIpc) is 2.73. The van der Waals surface area contributed by atoms with Crippen molar-refractivity contribution in [3.63, 3.8) is 0 Å². The number of rotatable bonds is 4. The molecule has 1 N–H and O–H groups in total. The Kier molecular flexibility index (Phi) is 4.64. The molecular formula is C15H27NO3. The fraction of sp³-hybridized carbons (Fsp3) is 0.867. The highest BCUT2D eigenvalue weighted by atomic mass is 16.4. The molecule has 0 aromatic carbocycles. The van der Waals surface area contributed by atoms with E-state index in [4.69, 9.17) is 0 Å². The van der Waals surface area contributed by atoms with Crippen LogP contribution in [0.1, 0.15) is 53.9 Å². The molecule has 2 atom stereocenters. The van der Waals surface area contributed by atoms with Gasteiger partial charge in [0, 0.05) is 19.5 Å². The Labute approximate surface area is 116 Å². The van der Waals surface area contributed by atoms with E-state index in [9.17, 15) is 14.7 Å². The predicted molar refractivity (Wildman–Crippen MR) is 74.8 cm³/mol. The number of aliphatic carboxylic acids is 1. The van der Waals surface area contributed by atoms with Crippen molar-refractivity contribution in [2.45, 2.75) is 53.9 Å². The Hall–Kier alpha value is -1.06. The van der Waals surface area contributed by atoms with Crippen LogP contribution in [0.25, 0.3) is 0 Å². The van der Waals surface area contributed by atoms with Crippen LogP contribution in [0.4, 0.5) is 0 Å². The maximum atomic E-state index is 12.3. The third-order valence-electron chi connectivity index (χ3n) is 4.80. The summed E-state index contributed by atoms with van der Waals surface area (Å²) in [6.45, 7) is 11.3. The molecule has 1 heterocycles. The molecule has 19 heavy (non-hydrogen) atoms. The van der Waals surface area contributed by atoms with Gasteiger partial charge in [0.2, 0.25) is 5.91 Å². The summed E-state index contributed by atoms with van der Waals surface area (Å²) in [5.74, 6) is -0.380. The monoisotopic (exact) mass is 269 g/mol. The Morgan fingerprint density at radius 1 is 1.37 bits per heavy atom. The number of hydrogen-bond donors (Lipinski definition) is 1. The Morgan fingerprint density at radius 3 is 2.32 bits per heavy atom. The summed E-state index contributed by atoms with van der Waals surface area (Å²) in [5, 5.41) is 9.34. The maximum Gasteiger partial charge on any atom is 0.311 e. The van der Waals surface area contributed by atoms with Crippen LogP contribution < -0.4 is 0 Å². The summed E-state index contributed by atoms with van der Waals surface area (Å²) in [7, 11) is 0. The first-order valence-corrected chi connectivity index (χ1v) is 7.13. The van der Waals surface area contributed by atoms with Gasteiger partial charge in [-0.05, 0) is 24.2 Å². The first-order chi connectivity index (χ1) is 8.62. The molecule has 2 unspecified atom stereocenters. The number of nitrogens with zero attached hydrogens (tertiary/aromatic N) is 1. The molecule has 0 bridgehead atoms. The third kappa shape index (κ3) is 3.48. The summed E-state index contributed by atoms with van der Waals surface area (Å²) in [6, 6.07) is 0. The van der Waals surface area contributed by atoms with Gasteiger partial charge in [-0.25, -0.2) is 0 Å². The molecule has 0 radical (unpaired) electrons. The molecule has 4 nitrogen and oxygen atoms in total. The highest BCUT2D eigenvalue weighted by Crippen LogP contribution is 2.35. The number of carbonyl (C=O) groups excluding carboxylic acids is 1. The molecule has 0 aliphatic carbocycles. The van der Waals surface area contributed by atoms with Gasteiger partial charge in [0.15, 0.2) is 0 Å². The standard InChI is InChI=1S/C15H27NO3/c1-6-15(13(18)19)7-8-16(10-15)12(17)9-11(2)14(3,4)5/h11H,6-10H2,1-5H3,(H,18,19). The zero-order valence-electron chi connectivity index (χ0n) is 12.8. The minimum Gasteiger partial charge on any atom is -0.481 e. The van der Waals surface area contributed by atoms with Crippen LogP contribution in [-0.4, -0.2) is 35.0 Å². The second-order valence-electron chi connectivity index (χ2n) is 6.98. The third-order valence-corrected chi connectivity index (χ3v) is 4.80. The van der Waals surface area contributed by atoms with Crippen molar-refractivity contribution in [3.8, 4) is 0 Å². The quantitative estimate of drug-likeness (QED) is 0.853. The van der Waals surface area contributed by atoms with Crippen molar-refractivity contribution < 1.29 is 14.7 Å². The number of carbonyl (C=O) groups is 2. The van der Waals surface area contributed by atoms with Gasteiger partial charge in [0.1, 0.15) is 0 Å². The van der Waals surface area contributed by atoms with Crippen LogP contribution in [-0.2, 0) is 9.59 Å². The number of carboxylic acid groups (broad SMARTS) is 1. The van der Waals surface area contributed by atoms with E-state index in [1.165, 1.54) is 0 Å². The Morgan fingerprint density at radius 2 is 1.95 bits per heavy atom. The maximum absolute atomic E-state index is 12.3. The van der Waals surface area contributed by atoms with Gasteiger partial charge >= 0.3 is 5.97 Å². The van der Waals surface area contributed by atoms with E-state index in [-0.39, 0.29) is 11.3 Å². The Balaban J connectivity index is 2.65. The molecule has 1 saturated heterocycles. The lowest BCUT2D eigenvalue weighted by Crippen LogP contribution is -2.37. The number of amides is 1. The summed E-state index contributed by atoms with van der Waals surface area (Å²) in [6.07, 6.45) is 1.67. The normalized spacial score (nSPS) is 25.4. The second kappa shape index (κ2) is 5.51. The second-order valence-corrected chi connectivity index (χ2v) is 6.98. The zero-order chi connectivity index (χ0) is 14.8. The molecule has 1 aliphatic heterocycles. The van der Waals surface area contributed by atoms with Crippen molar-refractivity contribution in [2.75, 3.05) is 13.1 Å². The van der Waals surface area contributed by atoms with Crippen molar-refractivity contribution in [2.24, 2.45) is 16.7 Å². The van der Waals surface area contributed by atoms with Gasteiger partial charge < -0.3 is 10.0 Å². The van der Waals surface area contributed by atoms with E-state index in [1.807, 2.05) is 6.92 Å². The van der Waals surface area contributed by atoms with Gasteiger partial charge in [0.05, 0.1) is 5.41 Å². The molecule has 1 amide bonds. The number of carboxylic acids is 1. The minimum absolute atomic E-state index is 0.0963. The molecule has 1 fully saturated rings. The first kappa shape index (κ1) is 16.0. The highest BCUT2D eigenvalue weighted by molar-refractivity contribution is 5.80. The van der Waals surface area contributed by atoms with Crippen molar-refractivity contribution in [1.82, 2.24) is 4.90 Å². The fourth-order valence-electron chi connectivity index (χ4n) is 2.40. The van der Waals surface area contributed by atoms with E-state index in [0.29, 0.717) is 38.3 Å². The van der Waals surface area contributed by atoms with Crippen LogP contribution in [0.5, 0.6) is 0 Å². The largest absolute Gasteiger partial charge is 0.481 e. The number of hydrogen-bond acceptors (Lipinski definition) is 2. The molecule has 0 aromatic heterocycles. The molecule has 4 heteroatoms. The fourth-order valence-corrected chi connectivity index (χ4v) is 2.40. The van der Waals surface area contributed by atoms with E-state index >= 15 is 0 Å². The van der Waals surface area contributed by atoms with Crippen LogP contribution in [0.3, 0.4) is 0 Å². The van der Waals surface area contributed by atoms with Gasteiger partial charge in [-0.2, -0.15) is 0 Å². The van der Waals surface area contributed by atoms with Gasteiger partial charge in [0.25, 0.3) is 0 Å². The van der Waals surface area contributed by atoms with E-state index in [2.05, 4.69) is 27.7 Å². The van der Waals surface area contributed by atoms with Crippen LogP contribution >= 0.6 is 0 Å². The van der Waals surface area contributed by atoms with Crippen LogP contribution in [0.2, 0.25) is 0 Å². The number of likely N-dealkylation sites (tertiary alicyclic amines) is 1. The molecule has 1 rings (SSSR count). The molecule has 110 valence electrons. The van der Waals surface area contributed by atoms with Crippen LogP contribution in [0, 0.1) is 16.7 Å². The molecule has 1 aliphatic rings. The van der Waals surface area contributed by atoms with Crippen molar-refractivity contribution in [1.29, 1.82) is 0 Å². The van der Waals surface area contributed by atoms with E-state index in [1.54, 1.807) is 4.90 Å². The lowest BCUT2D eigenvalue weighted by atomic mass is 9.80. The molecular weight excluding hydrogens is 242 g/mol. The highest BCUT2D eigenvalue weighted by Gasteiger charge is 2.44. The summed E-state index contributed by atoms with van der Waals surface area (Å²) >= 11 is 0. The summed E-state index contributed by atoms with van der Waals surface area (Å²) in [4.78, 5) is 25.4. The minimum atomic E-state index is -0.769. The molecule has 0 aromatic rings. The SMILES string of the molecule is CCC1(C(=O)O)CCN(C(=O)CC(C)C(C)(C)C)C1. The summed E-state index contributed by atoms with van der Waals surface area (Å²) < 4.78 is 0. The van der Waals surface area contributed by atoms with Crippen molar-refractivity contribution >= 4 is 11.9 Å². The zero-order valence-corrected chi connectivity index (χ0v) is 12.8. The van der Waals surface area contributed by atoms with E-state index in [0.717, 1.165) is 0 Å². The van der Waals surface area contributed by atoms with E-state index < -0.39 is 11.4 Å². The average molecular weight is 269 g/mol. The first-order valence-electron chi connectivity index (χ1n) is 7.13. The topological polar surface area (TPSA) is 57.6 Å². The predicted octanol–water partition coefficient (Wildman–Crippen LogP) is 2.77. The smallest absolute Gasteiger partial charge is 0.311 e. The molecule has 0 saturated carbocycles. The summed E-state index contributed by atoms with van der Waals surface area (Å²) in [5.41, 5.74) is -0.620. The van der Waals surface area contributed by atoms with Crippen molar-refractivity contribution in [3.05, 3.63) is 0 Å². The van der Waals surface area contributed by atoms with Crippen LogP contribution in [0.15, 0.2) is 0 Å². The van der Waals surface area contributed by atoms with Gasteiger partial charge in [-0.3, -0.25) is 9.59 Å².